The lowest BCUT2D eigenvalue weighted by molar-refractivity contribution is 0.691. The van der Waals surface area contributed by atoms with Gasteiger partial charge >= 0.3 is 0 Å². The van der Waals surface area contributed by atoms with Crippen LogP contribution in [0.25, 0.3) is 0 Å². The fourth-order valence-corrected chi connectivity index (χ4v) is 1.12. The van der Waals surface area contributed by atoms with Gasteiger partial charge in [0.15, 0.2) is 0 Å². The van der Waals surface area contributed by atoms with E-state index in [2.05, 4.69) is 16.6 Å². The van der Waals surface area contributed by atoms with Crippen LogP contribution in [0.2, 0.25) is 0 Å². The molecule has 0 aromatic rings. The summed E-state index contributed by atoms with van der Waals surface area (Å²) in [6.45, 7) is 4.03. The minimum Gasteiger partial charge on any atom is -0.303 e. The molecule has 0 spiro atoms. The zero-order valence-electron chi connectivity index (χ0n) is 7.04. The third-order valence-electron chi connectivity index (χ3n) is 1.59. The SMILES string of the molecule is C/C=C/C1=NNC(/C=C/C)C1. The molecule has 0 bridgehead atoms. The summed E-state index contributed by atoms with van der Waals surface area (Å²) < 4.78 is 0. The molecule has 2 nitrogen and oxygen atoms in total. The average Bonchev–Trinajstić information content (AvgIpc) is 2.38. The van der Waals surface area contributed by atoms with Crippen LogP contribution in [0.4, 0.5) is 0 Å². The van der Waals surface area contributed by atoms with Crippen LogP contribution in [0.15, 0.2) is 29.4 Å². The van der Waals surface area contributed by atoms with Crippen molar-refractivity contribution < 1.29 is 0 Å². The molecule has 1 unspecified atom stereocenters. The molecule has 0 aromatic carbocycles. The second-order valence-corrected chi connectivity index (χ2v) is 2.57. The Kier molecular flexibility index (Phi) is 2.90. The summed E-state index contributed by atoms with van der Waals surface area (Å²) in [6.07, 6.45) is 9.23. The quantitative estimate of drug-likeness (QED) is 0.597. The second kappa shape index (κ2) is 3.96. The Balaban J connectivity index is 2.42. The first-order valence-corrected chi connectivity index (χ1v) is 3.94. The maximum Gasteiger partial charge on any atom is 0.0676 e. The van der Waals surface area contributed by atoms with Crippen molar-refractivity contribution in [1.82, 2.24) is 5.43 Å². The lowest BCUT2D eigenvalue weighted by Crippen LogP contribution is -2.15. The first-order chi connectivity index (χ1) is 5.36. The number of hydrazone groups is 1. The number of nitrogens with one attached hydrogen (secondary N) is 1. The molecule has 60 valence electrons. The Hall–Kier alpha value is -1.05. The van der Waals surface area contributed by atoms with Gasteiger partial charge in [0.05, 0.1) is 11.8 Å². The molecule has 1 heterocycles. The summed E-state index contributed by atoms with van der Waals surface area (Å²) in [5.41, 5.74) is 4.18. The van der Waals surface area contributed by atoms with Gasteiger partial charge in [-0.15, -0.1) is 0 Å². The molecule has 11 heavy (non-hydrogen) atoms. The van der Waals surface area contributed by atoms with Crippen LogP contribution >= 0.6 is 0 Å². The Morgan fingerprint density at radius 3 is 2.91 bits per heavy atom. The highest BCUT2D eigenvalue weighted by Crippen LogP contribution is 2.05. The van der Waals surface area contributed by atoms with Crippen LogP contribution in [0.1, 0.15) is 20.3 Å². The summed E-state index contributed by atoms with van der Waals surface area (Å²) in [6, 6.07) is 0.409. The second-order valence-electron chi connectivity index (χ2n) is 2.57. The third-order valence-corrected chi connectivity index (χ3v) is 1.59. The van der Waals surface area contributed by atoms with Crippen molar-refractivity contribution >= 4 is 5.71 Å². The first-order valence-electron chi connectivity index (χ1n) is 3.94. The standard InChI is InChI=1S/C9H14N2/c1-3-5-8-7-9(6-4-2)11-10-8/h3-6,8,10H,7H2,1-2H3/b5-3+,6-4+. The molecule has 0 saturated heterocycles. The van der Waals surface area contributed by atoms with Gasteiger partial charge in [0, 0.05) is 6.42 Å². The van der Waals surface area contributed by atoms with E-state index in [0.29, 0.717) is 6.04 Å². The van der Waals surface area contributed by atoms with Crippen LogP contribution in [0.5, 0.6) is 0 Å². The molecule has 0 aliphatic carbocycles. The highest BCUT2D eigenvalue weighted by Gasteiger charge is 2.11. The van der Waals surface area contributed by atoms with Crippen LogP contribution in [-0.2, 0) is 0 Å². The van der Waals surface area contributed by atoms with E-state index in [4.69, 9.17) is 0 Å². The summed E-state index contributed by atoms with van der Waals surface area (Å²) in [5.74, 6) is 0. The molecule has 0 saturated carbocycles. The van der Waals surface area contributed by atoms with E-state index < -0.39 is 0 Å². The van der Waals surface area contributed by atoms with Gasteiger partial charge in [-0.25, -0.2) is 0 Å². The smallest absolute Gasteiger partial charge is 0.0676 e. The van der Waals surface area contributed by atoms with Crippen molar-refractivity contribution in [2.75, 3.05) is 0 Å². The molecule has 1 N–H and O–H groups in total. The van der Waals surface area contributed by atoms with Crippen LogP contribution in [-0.4, -0.2) is 11.8 Å². The predicted molar refractivity (Wildman–Crippen MR) is 48.6 cm³/mol. The number of nitrogens with zero attached hydrogens (tertiary/aromatic N) is 1. The Bertz CT molecular complexity index is 202. The van der Waals surface area contributed by atoms with Gasteiger partial charge in [-0.1, -0.05) is 18.2 Å². The highest BCUT2D eigenvalue weighted by atomic mass is 15.3. The number of rotatable bonds is 2. The van der Waals surface area contributed by atoms with Crippen LogP contribution in [0.3, 0.4) is 0 Å². The summed E-state index contributed by atoms with van der Waals surface area (Å²) in [5, 5.41) is 4.15. The average molecular weight is 150 g/mol. The molecular weight excluding hydrogens is 136 g/mol. The zero-order valence-corrected chi connectivity index (χ0v) is 7.04. The molecule has 0 amide bonds. The molecule has 1 atom stereocenters. The van der Waals surface area contributed by atoms with E-state index in [9.17, 15) is 0 Å². The molecule has 2 heteroatoms. The molecule has 0 radical (unpaired) electrons. The Labute approximate surface area is 67.7 Å². The molecular formula is C9H14N2. The van der Waals surface area contributed by atoms with Crippen molar-refractivity contribution in [3.05, 3.63) is 24.3 Å². The van der Waals surface area contributed by atoms with Gasteiger partial charge < -0.3 is 5.43 Å². The fourth-order valence-electron chi connectivity index (χ4n) is 1.12. The van der Waals surface area contributed by atoms with Crippen molar-refractivity contribution in [3.63, 3.8) is 0 Å². The Morgan fingerprint density at radius 2 is 2.27 bits per heavy atom. The maximum absolute atomic E-state index is 4.15. The van der Waals surface area contributed by atoms with Gasteiger partial charge in [-0.3, -0.25) is 0 Å². The monoisotopic (exact) mass is 150 g/mol. The van der Waals surface area contributed by atoms with E-state index in [-0.39, 0.29) is 0 Å². The molecule has 0 fully saturated rings. The molecule has 1 aliphatic rings. The van der Waals surface area contributed by atoms with Crippen LogP contribution < -0.4 is 5.43 Å². The minimum absolute atomic E-state index is 0.409. The lowest BCUT2D eigenvalue weighted by Gasteiger charge is -1.99. The Morgan fingerprint density at radius 1 is 1.45 bits per heavy atom. The zero-order chi connectivity index (χ0) is 8.10. The lowest BCUT2D eigenvalue weighted by atomic mass is 10.1. The predicted octanol–water partition coefficient (Wildman–Crippen LogP) is 1.86. The normalized spacial score (nSPS) is 24.5. The van der Waals surface area contributed by atoms with E-state index in [1.807, 2.05) is 32.1 Å². The number of hydrogen-bond donors (Lipinski definition) is 1. The van der Waals surface area contributed by atoms with Crippen molar-refractivity contribution in [2.45, 2.75) is 26.3 Å². The molecule has 1 rings (SSSR count). The van der Waals surface area contributed by atoms with Gasteiger partial charge in [0.25, 0.3) is 0 Å². The number of hydrogen-bond acceptors (Lipinski definition) is 2. The topological polar surface area (TPSA) is 24.4 Å². The molecule has 1 aliphatic heterocycles. The highest BCUT2D eigenvalue weighted by molar-refractivity contribution is 5.96. The van der Waals surface area contributed by atoms with Gasteiger partial charge in [0.1, 0.15) is 0 Å². The minimum atomic E-state index is 0.409. The summed E-state index contributed by atoms with van der Waals surface area (Å²) in [4.78, 5) is 0. The third kappa shape index (κ3) is 2.22. The largest absolute Gasteiger partial charge is 0.303 e. The van der Waals surface area contributed by atoms with Gasteiger partial charge in [-0.2, -0.15) is 5.10 Å². The van der Waals surface area contributed by atoms with E-state index >= 15 is 0 Å². The fraction of sp³-hybridized carbons (Fsp3) is 0.444. The summed E-state index contributed by atoms with van der Waals surface area (Å²) in [7, 11) is 0. The summed E-state index contributed by atoms with van der Waals surface area (Å²) >= 11 is 0. The van der Waals surface area contributed by atoms with Crippen LogP contribution in [0, 0.1) is 0 Å². The molecule has 0 aromatic heterocycles. The van der Waals surface area contributed by atoms with E-state index in [0.717, 1.165) is 12.1 Å². The van der Waals surface area contributed by atoms with Crippen molar-refractivity contribution in [1.29, 1.82) is 0 Å². The van der Waals surface area contributed by atoms with E-state index in [1.54, 1.807) is 0 Å². The van der Waals surface area contributed by atoms with Gasteiger partial charge in [-0.05, 0) is 19.9 Å². The first kappa shape index (κ1) is 8.05. The maximum atomic E-state index is 4.15. The van der Waals surface area contributed by atoms with Gasteiger partial charge in [0.2, 0.25) is 0 Å². The number of allylic oxidation sites excluding steroid dienone is 3. The van der Waals surface area contributed by atoms with Crippen molar-refractivity contribution in [2.24, 2.45) is 5.10 Å². The van der Waals surface area contributed by atoms with E-state index in [1.165, 1.54) is 0 Å². The van der Waals surface area contributed by atoms with Crippen molar-refractivity contribution in [3.8, 4) is 0 Å².